The van der Waals surface area contributed by atoms with E-state index in [1.807, 2.05) is 44.2 Å². The molecule has 0 fully saturated rings. The quantitative estimate of drug-likeness (QED) is 0.446. The van der Waals surface area contributed by atoms with E-state index in [-0.39, 0.29) is 12.1 Å². The van der Waals surface area contributed by atoms with E-state index < -0.39 is 0 Å². The van der Waals surface area contributed by atoms with Gasteiger partial charge in [-0.3, -0.25) is 0 Å². The van der Waals surface area contributed by atoms with E-state index in [1.165, 1.54) is 0 Å². The average molecular weight is 389 g/mol. The van der Waals surface area contributed by atoms with Gasteiger partial charge in [0.25, 0.3) is 0 Å². The summed E-state index contributed by atoms with van der Waals surface area (Å²) in [5, 5.41) is 6.40. The Morgan fingerprint density at radius 2 is 1.89 bits per heavy atom. The molecule has 0 saturated heterocycles. The summed E-state index contributed by atoms with van der Waals surface area (Å²) in [6.07, 6.45) is 1.39. The Labute approximate surface area is 167 Å². The Morgan fingerprint density at radius 1 is 1.07 bits per heavy atom. The number of carbonyl (C=O) groups excluding carboxylic acids is 1. The van der Waals surface area contributed by atoms with Crippen molar-refractivity contribution in [3.63, 3.8) is 0 Å². The molecule has 0 amide bonds. The predicted molar refractivity (Wildman–Crippen MR) is 113 cm³/mol. The van der Waals surface area contributed by atoms with Gasteiger partial charge in [-0.25, -0.2) is 14.8 Å². The highest BCUT2D eigenvalue weighted by molar-refractivity contribution is 7.17. The normalized spacial score (nSPS) is 11.0. The summed E-state index contributed by atoms with van der Waals surface area (Å²) < 4.78 is 5.29. The van der Waals surface area contributed by atoms with E-state index in [9.17, 15) is 4.79 Å². The number of thiophene rings is 1. The third-order valence-corrected chi connectivity index (χ3v) is 5.05. The van der Waals surface area contributed by atoms with Crippen LogP contribution in [-0.4, -0.2) is 22.0 Å². The van der Waals surface area contributed by atoms with Crippen LogP contribution in [0.15, 0.2) is 66.3 Å². The van der Waals surface area contributed by atoms with Crippen LogP contribution in [0.5, 0.6) is 0 Å². The molecule has 0 spiro atoms. The Balaban J connectivity index is 1.71. The van der Waals surface area contributed by atoms with Gasteiger partial charge in [0.05, 0.1) is 17.1 Å². The van der Waals surface area contributed by atoms with Gasteiger partial charge in [0, 0.05) is 16.6 Å². The zero-order valence-corrected chi connectivity index (χ0v) is 16.4. The summed E-state index contributed by atoms with van der Waals surface area (Å²) in [7, 11) is 0. The number of esters is 1. The molecule has 28 heavy (non-hydrogen) atoms. The van der Waals surface area contributed by atoms with Gasteiger partial charge in [0.1, 0.15) is 17.0 Å². The van der Waals surface area contributed by atoms with Crippen molar-refractivity contribution in [1.29, 1.82) is 0 Å². The molecule has 140 valence electrons. The molecule has 6 heteroatoms. The lowest BCUT2D eigenvalue weighted by atomic mass is 10.1. The van der Waals surface area contributed by atoms with Crippen molar-refractivity contribution in [1.82, 2.24) is 9.97 Å². The van der Waals surface area contributed by atoms with Gasteiger partial charge in [-0.05, 0) is 37.6 Å². The van der Waals surface area contributed by atoms with E-state index in [0.717, 1.165) is 27.0 Å². The minimum Gasteiger partial charge on any atom is -0.459 e. The maximum absolute atomic E-state index is 12.2. The van der Waals surface area contributed by atoms with E-state index in [1.54, 1.807) is 29.8 Å². The fraction of sp³-hybridized carbons (Fsp3) is 0.136. The summed E-state index contributed by atoms with van der Waals surface area (Å²) >= 11 is 1.58. The van der Waals surface area contributed by atoms with E-state index in [4.69, 9.17) is 4.74 Å². The number of carbonyl (C=O) groups is 1. The number of anilines is 2. The van der Waals surface area contributed by atoms with Crippen molar-refractivity contribution in [3.05, 3.63) is 71.9 Å². The maximum Gasteiger partial charge on any atom is 0.338 e. The number of ether oxygens (including phenoxy) is 1. The van der Waals surface area contributed by atoms with Gasteiger partial charge in [0.15, 0.2) is 0 Å². The van der Waals surface area contributed by atoms with Gasteiger partial charge >= 0.3 is 5.97 Å². The van der Waals surface area contributed by atoms with Crippen molar-refractivity contribution >= 4 is 39.0 Å². The van der Waals surface area contributed by atoms with Crippen molar-refractivity contribution in [3.8, 4) is 11.1 Å². The summed E-state index contributed by atoms with van der Waals surface area (Å²) in [5.74, 6) is 0.367. The molecule has 4 rings (SSSR count). The second-order valence-corrected chi connectivity index (χ2v) is 7.44. The van der Waals surface area contributed by atoms with Crippen LogP contribution in [0, 0.1) is 0 Å². The summed E-state index contributed by atoms with van der Waals surface area (Å²) in [4.78, 5) is 22.0. The molecule has 1 N–H and O–H groups in total. The van der Waals surface area contributed by atoms with E-state index in [0.29, 0.717) is 11.4 Å². The van der Waals surface area contributed by atoms with Gasteiger partial charge < -0.3 is 10.1 Å². The number of nitrogens with one attached hydrogen (secondary N) is 1. The molecular formula is C22H19N3O2S. The summed E-state index contributed by atoms with van der Waals surface area (Å²) in [6.45, 7) is 3.67. The Bertz CT molecular complexity index is 1120. The monoisotopic (exact) mass is 389 g/mol. The molecule has 5 nitrogen and oxygen atoms in total. The number of aromatic nitrogens is 2. The van der Waals surface area contributed by atoms with Crippen LogP contribution in [0.25, 0.3) is 21.3 Å². The highest BCUT2D eigenvalue weighted by atomic mass is 32.1. The molecule has 0 atom stereocenters. The molecule has 0 aliphatic heterocycles. The molecule has 0 aliphatic carbocycles. The molecule has 0 radical (unpaired) electrons. The lowest BCUT2D eigenvalue weighted by Crippen LogP contribution is -2.11. The van der Waals surface area contributed by atoms with Crippen molar-refractivity contribution < 1.29 is 9.53 Å². The minimum absolute atomic E-state index is 0.162. The predicted octanol–water partition coefficient (Wildman–Crippen LogP) is 5.67. The molecule has 2 aromatic carbocycles. The number of hydrogen-bond acceptors (Lipinski definition) is 6. The second kappa shape index (κ2) is 7.78. The number of rotatable bonds is 5. The molecule has 0 unspecified atom stereocenters. The molecule has 0 bridgehead atoms. The summed E-state index contributed by atoms with van der Waals surface area (Å²) in [5.41, 5.74) is 3.46. The Hall–Kier alpha value is -3.25. The minimum atomic E-state index is -0.341. The Morgan fingerprint density at radius 3 is 2.68 bits per heavy atom. The number of nitrogens with zero attached hydrogens (tertiary/aromatic N) is 2. The van der Waals surface area contributed by atoms with Crippen LogP contribution in [0.4, 0.5) is 11.5 Å². The second-order valence-electron chi connectivity index (χ2n) is 6.58. The fourth-order valence-electron chi connectivity index (χ4n) is 2.94. The first-order valence-corrected chi connectivity index (χ1v) is 9.85. The smallest absolute Gasteiger partial charge is 0.338 e. The van der Waals surface area contributed by atoms with Crippen LogP contribution in [-0.2, 0) is 4.74 Å². The Kier molecular flexibility index (Phi) is 5.04. The maximum atomic E-state index is 12.2. The average Bonchev–Trinajstić information content (AvgIpc) is 3.14. The molecule has 0 aliphatic rings. The van der Waals surface area contributed by atoms with Gasteiger partial charge in [-0.15, -0.1) is 11.3 Å². The van der Waals surface area contributed by atoms with Gasteiger partial charge in [0.2, 0.25) is 0 Å². The highest BCUT2D eigenvalue weighted by Crippen LogP contribution is 2.37. The molecule has 2 aromatic heterocycles. The summed E-state index contributed by atoms with van der Waals surface area (Å²) in [6, 6.07) is 17.4. The number of hydrogen-bond donors (Lipinski definition) is 1. The van der Waals surface area contributed by atoms with Crippen LogP contribution in [0.1, 0.15) is 24.2 Å². The highest BCUT2D eigenvalue weighted by Gasteiger charge is 2.14. The number of fused-ring (bicyclic) bond motifs is 1. The lowest BCUT2D eigenvalue weighted by Gasteiger charge is -2.11. The first kappa shape index (κ1) is 18.1. The van der Waals surface area contributed by atoms with Crippen molar-refractivity contribution in [2.24, 2.45) is 0 Å². The largest absolute Gasteiger partial charge is 0.459 e. The SMILES string of the molecule is CC(C)OC(=O)c1cccc(Nc2ncnc3scc(-c4ccccc4)c23)c1. The molecule has 0 saturated carbocycles. The third kappa shape index (κ3) is 3.73. The lowest BCUT2D eigenvalue weighted by molar-refractivity contribution is 0.0378. The molecule has 2 heterocycles. The first-order valence-electron chi connectivity index (χ1n) is 8.97. The van der Waals surface area contributed by atoms with Gasteiger partial charge in [-0.1, -0.05) is 36.4 Å². The van der Waals surface area contributed by atoms with Crippen molar-refractivity contribution in [2.45, 2.75) is 20.0 Å². The fourth-order valence-corrected chi connectivity index (χ4v) is 3.86. The standard InChI is InChI=1S/C22H19N3O2S/c1-14(2)27-22(26)16-9-6-10-17(11-16)25-20-19-18(15-7-4-3-5-8-15)12-28-21(19)24-13-23-20/h3-14H,1-2H3,(H,23,24,25). The zero-order chi connectivity index (χ0) is 19.5. The van der Waals surface area contributed by atoms with Crippen molar-refractivity contribution in [2.75, 3.05) is 5.32 Å². The topological polar surface area (TPSA) is 64.1 Å². The first-order chi connectivity index (χ1) is 13.6. The van der Waals surface area contributed by atoms with E-state index in [2.05, 4.69) is 32.8 Å². The third-order valence-electron chi connectivity index (χ3n) is 4.16. The van der Waals surface area contributed by atoms with Crippen LogP contribution in [0.3, 0.4) is 0 Å². The van der Waals surface area contributed by atoms with E-state index >= 15 is 0 Å². The van der Waals surface area contributed by atoms with Gasteiger partial charge in [-0.2, -0.15) is 0 Å². The molecule has 4 aromatic rings. The zero-order valence-electron chi connectivity index (χ0n) is 15.5. The van der Waals surface area contributed by atoms with Crippen LogP contribution in [0.2, 0.25) is 0 Å². The molecular weight excluding hydrogens is 370 g/mol. The van der Waals surface area contributed by atoms with Crippen LogP contribution >= 0.6 is 11.3 Å². The van der Waals surface area contributed by atoms with Crippen LogP contribution < -0.4 is 5.32 Å². The number of benzene rings is 2.